The maximum absolute atomic E-state index is 11.3. The number of aliphatic hydroxyl groups excluding tert-OH is 2. The van der Waals surface area contributed by atoms with Gasteiger partial charge in [-0.05, 0) is 6.92 Å². The first-order valence-electron chi connectivity index (χ1n) is 7.02. The van der Waals surface area contributed by atoms with Crippen molar-refractivity contribution in [3.63, 3.8) is 0 Å². The second kappa shape index (κ2) is 7.21. The van der Waals surface area contributed by atoms with Crippen molar-refractivity contribution < 1.29 is 39.5 Å². The molecule has 10 heteroatoms. The highest BCUT2D eigenvalue weighted by atomic mass is 16.7. The molecule has 0 aromatic heterocycles. The molecule has 1 heterocycles. The van der Waals surface area contributed by atoms with Crippen molar-refractivity contribution in [2.24, 2.45) is 0 Å². The highest BCUT2D eigenvalue weighted by molar-refractivity contribution is 5.76. The van der Waals surface area contributed by atoms with Gasteiger partial charge in [-0.25, -0.2) is 4.79 Å². The second-order valence-corrected chi connectivity index (χ2v) is 5.64. The van der Waals surface area contributed by atoms with Crippen LogP contribution < -0.4 is 10.6 Å². The van der Waals surface area contributed by atoms with Gasteiger partial charge in [0.2, 0.25) is 11.8 Å². The van der Waals surface area contributed by atoms with Crippen molar-refractivity contribution in [1.82, 2.24) is 10.6 Å². The minimum atomic E-state index is -2.70. The summed E-state index contributed by atoms with van der Waals surface area (Å²) in [7, 11) is 0. The summed E-state index contributed by atoms with van der Waals surface area (Å²) in [6.45, 7) is 3.67. The summed E-state index contributed by atoms with van der Waals surface area (Å²) >= 11 is 0. The number of ether oxygens (including phenoxy) is 1. The molecule has 1 aliphatic rings. The van der Waals surface area contributed by atoms with Gasteiger partial charge in [0.05, 0.1) is 24.3 Å². The number of carboxylic acid groups (broad SMARTS) is 1. The number of rotatable bonds is 5. The summed E-state index contributed by atoms with van der Waals surface area (Å²) in [5, 5.41) is 43.8. The van der Waals surface area contributed by atoms with E-state index in [1.54, 1.807) is 0 Å². The number of hydrogen-bond acceptors (Lipinski definition) is 7. The maximum Gasteiger partial charge on any atom is 0.364 e. The third-order valence-electron chi connectivity index (χ3n) is 3.53. The van der Waals surface area contributed by atoms with Gasteiger partial charge >= 0.3 is 5.97 Å². The number of amides is 2. The topological polar surface area (TPSA) is 165 Å². The van der Waals surface area contributed by atoms with Crippen molar-refractivity contribution in [3.8, 4) is 0 Å². The lowest BCUT2D eigenvalue weighted by Gasteiger charge is -2.45. The fraction of sp³-hybridized carbons (Fsp3) is 0.769. The molecule has 6 atom stereocenters. The summed E-state index contributed by atoms with van der Waals surface area (Å²) in [5.74, 6) is -5.50. The summed E-state index contributed by atoms with van der Waals surface area (Å²) in [6, 6.07) is -2.29. The van der Waals surface area contributed by atoms with E-state index in [1.165, 1.54) is 20.8 Å². The molecule has 0 saturated carbocycles. The van der Waals surface area contributed by atoms with E-state index >= 15 is 0 Å². The molecule has 6 N–H and O–H groups in total. The normalized spacial score (nSPS) is 33.4. The van der Waals surface area contributed by atoms with Gasteiger partial charge in [-0.1, -0.05) is 0 Å². The minimum Gasteiger partial charge on any atom is -0.477 e. The van der Waals surface area contributed by atoms with E-state index in [2.05, 4.69) is 10.6 Å². The Morgan fingerprint density at radius 3 is 2.22 bits per heavy atom. The molecule has 132 valence electrons. The van der Waals surface area contributed by atoms with Crippen LogP contribution in [0.15, 0.2) is 0 Å². The zero-order valence-electron chi connectivity index (χ0n) is 13.0. The Labute approximate surface area is 132 Å². The van der Waals surface area contributed by atoms with E-state index in [0.717, 1.165) is 0 Å². The Bertz CT molecular complexity index is 465. The Morgan fingerprint density at radius 2 is 1.83 bits per heavy atom. The van der Waals surface area contributed by atoms with Crippen molar-refractivity contribution in [3.05, 3.63) is 0 Å². The number of nitrogens with one attached hydrogen (secondary N) is 2. The molecule has 1 aliphatic heterocycles. The van der Waals surface area contributed by atoms with Crippen LogP contribution in [0.3, 0.4) is 0 Å². The standard InChI is InChI=1S/C13H22N2O8/c1-5(16)9(14-6(2)17)11-10(15-7(3)18)8(19)4-13(22,23-11)12(20)21/h5,8-11,16,19,22H,4H2,1-3H3,(H,14,17)(H,15,18)(H,20,21)/t5-,8-,9-,10-,11-,13+/m0/s1. The smallest absolute Gasteiger partial charge is 0.364 e. The van der Waals surface area contributed by atoms with Crippen LogP contribution in [0.5, 0.6) is 0 Å². The Kier molecular flexibility index (Phi) is 6.05. The maximum atomic E-state index is 11.3. The molecule has 0 aliphatic carbocycles. The van der Waals surface area contributed by atoms with Crippen LogP contribution in [-0.4, -0.2) is 74.4 Å². The first kappa shape index (κ1) is 19.3. The number of hydrogen-bond donors (Lipinski definition) is 6. The predicted octanol–water partition coefficient (Wildman–Crippen LogP) is -2.70. The second-order valence-electron chi connectivity index (χ2n) is 5.64. The lowest BCUT2D eigenvalue weighted by molar-refractivity contribution is -0.283. The zero-order chi connectivity index (χ0) is 17.9. The third-order valence-corrected chi connectivity index (χ3v) is 3.53. The van der Waals surface area contributed by atoms with E-state index in [1.807, 2.05) is 0 Å². The molecular weight excluding hydrogens is 312 g/mol. The molecule has 1 rings (SSSR count). The van der Waals surface area contributed by atoms with Gasteiger partial charge in [0.25, 0.3) is 5.79 Å². The molecular formula is C13H22N2O8. The van der Waals surface area contributed by atoms with Crippen LogP contribution in [0.2, 0.25) is 0 Å². The van der Waals surface area contributed by atoms with Gasteiger partial charge in [-0.3, -0.25) is 9.59 Å². The van der Waals surface area contributed by atoms with Gasteiger partial charge in [0.1, 0.15) is 6.10 Å². The molecule has 0 spiro atoms. The Balaban J connectivity index is 3.21. The van der Waals surface area contributed by atoms with Gasteiger partial charge in [-0.15, -0.1) is 0 Å². The van der Waals surface area contributed by atoms with Gasteiger partial charge in [-0.2, -0.15) is 0 Å². The Hall–Kier alpha value is -1.75. The molecule has 1 fully saturated rings. The van der Waals surface area contributed by atoms with E-state index in [0.29, 0.717) is 0 Å². The van der Waals surface area contributed by atoms with Crippen LogP contribution in [0.25, 0.3) is 0 Å². The molecule has 2 amide bonds. The number of carboxylic acids is 1. The number of aliphatic carboxylic acids is 1. The van der Waals surface area contributed by atoms with Gasteiger partial charge in [0.15, 0.2) is 0 Å². The molecule has 23 heavy (non-hydrogen) atoms. The average Bonchev–Trinajstić information content (AvgIpc) is 2.38. The van der Waals surface area contributed by atoms with Crippen molar-refractivity contribution >= 4 is 17.8 Å². The average molecular weight is 334 g/mol. The lowest BCUT2D eigenvalue weighted by atomic mass is 9.87. The van der Waals surface area contributed by atoms with Gasteiger partial charge in [0, 0.05) is 20.3 Å². The fourth-order valence-electron chi connectivity index (χ4n) is 2.54. The molecule has 0 aromatic carbocycles. The Morgan fingerprint density at radius 1 is 1.26 bits per heavy atom. The van der Waals surface area contributed by atoms with Crippen LogP contribution in [-0.2, 0) is 19.1 Å². The van der Waals surface area contributed by atoms with E-state index < -0.39 is 60.4 Å². The molecule has 0 bridgehead atoms. The summed E-state index contributed by atoms with van der Waals surface area (Å²) in [5.41, 5.74) is 0. The van der Waals surface area contributed by atoms with Crippen molar-refractivity contribution in [2.45, 2.75) is 63.4 Å². The number of aliphatic hydroxyl groups is 3. The molecule has 1 saturated heterocycles. The summed E-state index contributed by atoms with van der Waals surface area (Å²) in [4.78, 5) is 33.8. The first-order chi connectivity index (χ1) is 10.5. The van der Waals surface area contributed by atoms with Crippen LogP contribution in [0, 0.1) is 0 Å². The van der Waals surface area contributed by atoms with Crippen LogP contribution >= 0.6 is 0 Å². The number of carbonyl (C=O) groups is 3. The van der Waals surface area contributed by atoms with Crippen molar-refractivity contribution in [1.29, 1.82) is 0 Å². The van der Waals surface area contributed by atoms with Gasteiger partial charge < -0.3 is 35.8 Å². The molecule has 0 aromatic rings. The minimum absolute atomic E-state index is 0.532. The fourth-order valence-corrected chi connectivity index (χ4v) is 2.54. The summed E-state index contributed by atoms with van der Waals surface area (Å²) in [6.07, 6.45) is -4.72. The summed E-state index contributed by atoms with van der Waals surface area (Å²) < 4.78 is 5.15. The molecule has 10 nitrogen and oxygen atoms in total. The van der Waals surface area contributed by atoms with Crippen molar-refractivity contribution in [2.75, 3.05) is 0 Å². The molecule has 0 radical (unpaired) electrons. The highest BCUT2D eigenvalue weighted by Gasteiger charge is 2.53. The highest BCUT2D eigenvalue weighted by Crippen LogP contribution is 2.30. The molecule has 0 unspecified atom stereocenters. The monoisotopic (exact) mass is 334 g/mol. The predicted molar refractivity (Wildman–Crippen MR) is 75.0 cm³/mol. The number of carbonyl (C=O) groups excluding carboxylic acids is 2. The zero-order valence-corrected chi connectivity index (χ0v) is 13.0. The van der Waals surface area contributed by atoms with E-state index in [4.69, 9.17) is 9.84 Å². The lowest BCUT2D eigenvalue weighted by Crippen LogP contribution is -2.69. The van der Waals surface area contributed by atoms with E-state index in [9.17, 15) is 29.7 Å². The van der Waals surface area contributed by atoms with Crippen LogP contribution in [0.1, 0.15) is 27.2 Å². The van der Waals surface area contributed by atoms with E-state index in [-0.39, 0.29) is 0 Å². The van der Waals surface area contributed by atoms with Crippen LogP contribution in [0.4, 0.5) is 0 Å². The SMILES string of the molecule is CC(=O)N[C@H]([C@@H]1O[C@@](O)(C(=O)O)C[C@H](O)[C@@H]1NC(C)=O)[C@H](C)O. The first-order valence-corrected chi connectivity index (χ1v) is 7.02. The third kappa shape index (κ3) is 4.61. The quantitative estimate of drug-likeness (QED) is 0.316. The largest absolute Gasteiger partial charge is 0.477 e.